The average molecular weight is 184 g/mol. The van der Waals surface area contributed by atoms with E-state index in [0.717, 1.165) is 32.5 Å². The number of aliphatic hydroxyl groups is 1. The molecule has 2 aliphatic rings. The molecule has 0 radical (unpaired) electrons. The highest BCUT2D eigenvalue weighted by atomic mass is 16.3. The smallest absolute Gasteiger partial charge is 0.0795 e. The monoisotopic (exact) mass is 184 g/mol. The van der Waals surface area contributed by atoms with Crippen LogP contribution in [0.25, 0.3) is 0 Å². The quantitative estimate of drug-likeness (QED) is 0.657. The SMILES string of the molecule is OC1(CCN2CCCC2)CCNC1. The topological polar surface area (TPSA) is 35.5 Å². The van der Waals surface area contributed by atoms with E-state index in [0.29, 0.717) is 0 Å². The molecule has 1 atom stereocenters. The molecule has 13 heavy (non-hydrogen) atoms. The van der Waals surface area contributed by atoms with Gasteiger partial charge >= 0.3 is 0 Å². The lowest BCUT2D eigenvalue weighted by Crippen LogP contribution is -2.36. The van der Waals surface area contributed by atoms with Crippen LogP contribution in [0.4, 0.5) is 0 Å². The summed E-state index contributed by atoms with van der Waals surface area (Å²) >= 11 is 0. The predicted molar refractivity (Wildman–Crippen MR) is 52.7 cm³/mol. The second-order valence-electron chi connectivity index (χ2n) is 4.45. The minimum Gasteiger partial charge on any atom is -0.388 e. The van der Waals surface area contributed by atoms with Gasteiger partial charge < -0.3 is 15.3 Å². The van der Waals surface area contributed by atoms with Crippen molar-refractivity contribution < 1.29 is 5.11 Å². The fourth-order valence-electron chi connectivity index (χ4n) is 2.32. The highest BCUT2D eigenvalue weighted by Crippen LogP contribution is 2.20. The first-order valence-electron chi connectivity index (χ1n) is 5.44. The molecule has 2 fully saturated rings. The van der Waals surface area contributed by atoms with Crippen LogP contribution in [0.1, 0.15) is 25.7 Å². The summed E-state index contributed by atoms with van der Waals surface area (Å²) in [7, 11) is 0. The van der Waals surface area contributed by atoms with Crippen molar-refractivity contribution in [2.75, 3.05) is 32.7 Å². The van der Waals surface area contributed by atoms with Crippen LogP contribution in [0.5, 0.6) is 0 Å². The van der Waals surface area contributed by atoms with Crippen molar-refractivity contribution in [1.29, 1.82) is 0 Å². The summed E-state index contributed by atoms with van der Waals surface area (Å²) in [6.45, 7) is 5.34. The van der Waals surface area contributed by atoms with Crippen molar-refractivity contribution in [3.63, 3.8) is 0 Å². The van der Waals surface area contributed by atoms with E-state index in [1.807, 2.05) is 0 Å². The van der Waals surface area contributed by atoms with E-state index >= 15 is 0 Å². The summed E-state index contributed by atoms with van der Waals surface area (Å²) in [5, 5.41) is 13.3. The summed E-state index contributed by atoms with van der Waals surface area (Å²) in [5.74, 6) is 0. The number of nitrogens with one attached hydrogen (secondary N) is 1. The molecule has 2 N–H and O–H groups in total. The predicted octanol–water partition coefficient (Wildman–Crippen LogP) is 0.197. The number of hydrogen-bond donors (Lipinski definition) is 2. The summed E-state index contributed by atoms with van der Waals surface area (Å²) in [6, 6.07) is 0. The summed E-state index contributed by atoms with van der Waals surface area (Å²) in [4.78, 5) is 2.47. The van der Waals surface area contributed by atoms with Gasteiger partial charge in [0.25, 0.3) is 0 Å². The maximum absolute atomic E-state index is 10.1. The fraction of sp³-hybridized carbons (Fsp3) is 1.00. The molecule has 0 spiro atoms. The molecule has 0 aliphatic carbocycles. The van der Waals surface area contributed by atoms with Crippen LogP contribution in [0, 0.1) is 0 Å². The van der Waals surface area contributed by atoms with Crippen molar-refractivity contribution in [1.82, 2.24) is 10.2 Å². The van der Waals surface area contributed by atoms with Crippen LogP contribution in [0.2, 0.25) is 0 Å². The van der Waals surface area contributed by atoms with Gasteiger partial charge in [-0.1, -0.05) is 0 Å². The third-order valence-electron chi connectivity index (χ3n) is 3.31. The lowest BCUT2D eigenvalue weighted by molar-refractivity contribution is 0.0430. The molecule has 2 saturated heterocycles. The largest absolute Gasteiger partial charge is 0.388 e. The molecule has 0 amide bonds. The van der Waals surface area contributed by atoms with Crippen LogP contribution in [-0.2, 0) is 0 Å². The van der Waals surface area contributed by atoms with E-state index in [2.05, 4.69) is 10.2 Å². The molecule has 3 heteroatoms. The third kappa shape index (κ3) is 2.42. The molecule has 1 unspecified atom stereocenters. The second kappa shape index (κ2) is 3.95. The molecule has 3 nitrogen and oxygen atoms in total. The molecule has 2 rings (SSSR count). The zero-order chi connectivity index (χ0) is 9.15. The second-order valence-corrected chi connectivity index (χ2v) is 4.45. The van der Waals surface area contributed by atoms with Crippen molar-refractivity contribution in [2.45, 2.75) is 31.3 Å². The standard InChI is InChI=1S/C10H20N2O/c13-10(3-5-11-9-10)4-8-12-6-1-2-7-12/h11,13H,1-9H2. The van der Waals surface area contributed by atoms with E-state index in [-0.39, 0.29) is 0 Å². The first-order chi connectivity index (χ1) is 6.29. The zero-order valence-electron chi connectivity index (χ0n) is 8.26. The number of likely N-dealkylation sites (tertiary alicyclic amines) is 1. The fourth-order valence-corrected chi connectivity index (χ4v) is 2.32. The van der Waals surface area contributed by atoms with E-state index in [9.17, 15) is 5.11 Å². The van der Waals surface area contributed by atoms with Gasteiger partial charge in [0.1, 0.15) is 0 Å². The van der Waals surface area contributed by atoms with Crippen LogP contribution < -0.4 is 5.32 Å². The first-order valence-corrected chi connectivity index (χ1v) is 5.44. The Morgan fingerprint density at radius 1 is 1.31 bits per heavy atom. The van der Waals surface area contributed by atoms with Crippen LogP contribution >= 0.6 is 0 Å². The number of hydrogen-bond acceptors (Lipinski definition) is 3. The molecule has 2 heterocycles. The van der Waals surface area contributed by atoms with E-state index < -0.39 is 5.60 Å². The molecule has 0 aromatic rings. The zero-order valence-corrected chi connectivity index (χ0v) is 8.26. The van der Waals surface area contributed by atoms with Crippen molar-refractivity contribution >= 4 is 0 Å². The molecule has 0 aromatic heterocycles. The van der Waals surface area contributed by atoms with Crippen molar-refractivity contribution in [2.24, 2.45) is 0 Å². The van der Waals surface area contributed by atoms with Gasteiger partial charge in [0.05, 0.1) is 5.60 Å². The lowest BCUT2D eigenvalue weighted by atomic mass is 9.99. The van der Waals surface area contributed by atoms with Crippen LogP contribution in [0.15, 0.2) is 0 Å². The lowest BCUT2D eigenvalue weighted by Gasteiger charge is -2.24. The summed E-state index contributed by atoms with van der Waals surface area (Å²) in [5.41, 5.74) is -0.400. The van der Waals surface area contributed by atoms with Gasteiger partial charge in [-0.25, -0.2) is 0 Å². The van der Waals surface area contributed by atoms with Gasteiger partial charge in [0, 0.05) is 13.1 Å². The van der Waals surface area contributed by atoms with Crippen molar-refractivity contribution in [3.8, 4) is 0 Å². The van der Waals surface area contributed by atoms with Gasteiger partial charge in [-0.2, -0.15) is 0 Å². The first kappa shape index (κ1) is 9.44. The van der Waals surface area contributed by atoms with E-state index in [1.165, 1.54) is 25.9 Å². The van der Waals surface area contributed by atoms with E-state index in [4.69, 9.17) is 0 Å². The van der Waals surface area contributed by atoms with Gasteiger partial charge in [0.2, 0.25) is 0 Å². The van der Waals surface area contributed by atoms with Gasteiger partial charge in [-0.15, -0.1) is 0 Å². The number of rotatable bonds is 3. The van der Waals surface area contributed by atoms with Crippen LogP contribution in [0.3, 0.4) is 0 Å². The van der Waals surface area contributed by atoms with E-state index in [1.54, 1.807) is 0 Å². The Labute approximate surface area is 80.1 Å². The maximum Gasteiger partial charge on any atom is 0.0795 e. The average Bonchev–Trinajstić information content (AvgIpc) is 2.72. The minimum absolute atomic E-state index is 0.400. The van der Waals surface area contributed by atoms with Crippen LogP contribution in [-0.4, -0.2) is 48.3 Å². The molecule has 0 bridgehead atoms. The Morgan fingerprint density at radius 3 is 2.69 bits per heavy atom. The maximum atomic E-state index is 10.1. The Hall–Kier alpha value is -0.120. The van der Waals surface area contributed by atoms with Crippen molar-refractivity contribution in [3.05, 3.63) is 0 Å². The number of β-amino-alcohol motifs (C(OH)–C–C–N with tert-alkyl or cyclic N) is 1. The highest BCUT2D eigenvalue weighted by molar-refractivity contribution is 4.88. The normalized spacial score (nSPS) is 35.8. The minimum atomic E-state index is -0.400. The van der Waals surface area contributed by atoms with Gasteiger partial charge in [0.15, 0.2) is 0 Å². The van der Waals surface area contributed by atoms with Gasteiger partial charge in [-0.3, -0.25) is 0 Å². The van der Waals surface area contributed by atoms with Gasteiger partial charge in [-0.05, 0) is 45.3 Å². The number of nitrogens with zero attached hydrogens (tertiary/aromatic N) is 1. The molecular formula is C10H20N2O. The molecule has 0 aromatic carbocycles. The molecule has 76 valence electrons. The Balaban J connectivity index is 1.71. The molecule has 0 saturated carbocycles. The Morgan fingerprint density at radius 2 is 2.08 bits per heavy atom. The Bertz CT molecular complexity index is 160. The molecular weight excluding hydrogens is 164 g/mol. The summed E-state index contributed by atoms with van der Waals surface area (Å²) < 4.78 is 0. The Kier molecular flexibility index (Phi) is 2.86. The third-order valence-corrected chi connectivity index (χ3v) is 3.31. The highest BCUT2D eigenvalue weighted by Gasteiger charge is 2.31. The summed E-state index contributed by atoms with van der Waals surface area (Å²) in [6.07, 6.45) is 4.56. The molecule has 2 aliphatic heterocycles.